The van der Waals surface area contributed by atoms with E-state index >= 15 is 0 Å². The molecule has 4 nitrogen and oxygen atoms in total. The molecule has 2 saturated heterocycles. The molecule has 0 aromatic heterocycles. The number of rotatable bonds is 3. The lowest BCUT2D eigenvalue weighted by Crippen LogP contribution is -2.66. The molecule has 2 aliphatic rings. The van der Waals surface area contributed by atoms with Crippen molar-refractivity contribution in [2.24, 2.45) is 0 Å². The standard InChI is InChI=1S/C14H26N2O2/c1-11(2)16-10-6-7-12(16)14(13(17)18-3)8-4-5-9-15-14/h11-12,15H,4-10H2,1-3H3. The van der Waals surface area contributed by atoms with Gasteiger partial charge in [-0.2, -0.15) is 0 Å². The first-order valence-corrected chi connectivity index (χ1v) is 7.21. The zero-order valence-corrected chi connectivity index (χ0v) is 11.9. The fourth-order valence-electron chi connectivity index (χ4n) is 3.64. The van der Waals surface area contributed by atoms with Crippen molar-refractivity contribution in [1.82, 2.24) is 10.2 Å². The smallest absolute Gasteiger partial charge is 0.327 e. The summed E-state index contributed by atoms with van der Waals surface area (Å²) in [5.74, 6) is -0.0697. The Morgan fingerprint density at radius 2 is 2.17 bits per heavy atom. The Bertz CT molecular complexity index is 298. The Hall–Kier alpha value is -0.610. The maximum atomic E-state index is 12.3. The molecule has 18 heavy (non-hydrogen) atoms. The average Bonchev–Trinajstić information content (AvgIpc) is 2.88. The van der Waals surface area contributed by atoms with E-state index in [1.54, 1.807) is 0 Å². The van der Waals surface area contributed by atoms with Gasteiger partial charge < -0.3 is 10.1 Å². The van der Waals surface area contributed by atoms with Gasteiger partial charge in [0.25, 0.3) is 0 Å². The summed E-state index contributed by atoms with van der Waals surface area (Å²) in [4.78, 5) is 14.8. The van der Waals surface area contributed by atoms with E-state index in [4.69, 9.17) is 4.74 Å². The van der Waals surface area contributed by atoms with Crippen LogP contribution in [-0.2, 0) is 9.53 Å². The normalized spacial score (nSPS) is 33.9. The Kier molecular flexibility index (Phi) is 4.28. The van der Waals surface area contributed by atoms with Crippen molar-refractivity contribution in [3.63, 3.8) is 0 Å². The molecule has 1 N–H and O–H groups in total. The molecule has 2 fully saturated rings. The average molecular weight is 254 g/mol. The van der Waals surface area contributed by atoms with Gasteiger partial charge in [-0.05, 0) is 59.0 Å². The molecule has 0 bridgehead atoms. The van der Waals surface area contributed by atoms with Gasteiger partial charge in [-0.15, -0.1) is 0 Å². The van der Waals surface area contributed by atoms with E-state index in [0.29, 0.717) is 12.1 Å². The first kappa shape index (κ1) is 13.8. The van der Waals surface area contributed by atoms with Gasteiger partial charge in [0, 0.05) is 12.1 Å². The lowest BCUT2D eigenvalue weighted by atomic mass is 9.80. The first-order chi connectivity index (χ1) is 8.62. The quantitative estimate of drug-likeness (QED) is 0.776. The molecule has 2 unspecified atom stereocenters. The fraction of sp³-hybridized carbons (Fsp3) is 0.929. The van der Waals surface area contributed by atoms with Crippen molar-refractivity contribution in [2.75, 3.05) is 20.2 Å². The van der Waals surface area contributed by atoms with Crippen LogP contribution in [0.2, 0.25) is 0 Å². The zero-order chi connectivity index (χ0) is 13.2. The highest BCUT2D eigenvalue weighted by Gasteiger charge is 2.51. The lowest BCUT2D eigenvalue weighted by molar-refractivity contribution is -0.153. The fourth-order valence-corrected chi connectivity index (χ4v) is 3.64. The largest absolute Gasteiger partial charge is 0.468 e. The summed E-state index contributed by atoms with van der Waals surface area (Å²) in [7, 11) is 1.51. The van der Waals surface area contributed by atoms with E-state index in [0.717, 1.165) is 38.8 Å². The molecule has 104 valence electrons. The summed E-state index contributed by atoms with van der Waals surface area (Å²) in [6.45, 7) is 6.46. The Morgan fingerprint density at radius 1 is 1.39 bits per heavy atom. The van der Waals surface area contributed by atoms with Crippen LogP contribution >= 0.6 is 0 Å². The van der Waals surface area contributed by atoms with Crippen LogP contribution in [0.5, 0.6) is 0 Å². The molecular formula is C14H26N2O2. The molecule has 0 saturated carbocycles. The first-order valence-electron chi connectivity index (χ1n) is 7.21. The molecule has 2 rings (SSSR count). The molecule has 0 radical (unpaired) electrons. The van der Waals surface area contributed by atoms with E-state index in [9.17, 15) is 4.79 Å². The number of hydrogen-bond acceptors (Lipinski definition) is 4. The molecule has 0 aliphatic carbocycles. The second-order valence-electron chi connectivity index (χ2n) is 5.84. The third kappa shape index (κ3) is 2.28. The number of nitrogens with zero attached hydrogens (tertiary/aromatic N) is 1. The molecule has 0 aromatic rings. The topological polar surface area (TPSA) is 41.6 Å². The minimum atomic E-state index is -0.465. The van der Waals surface area contributed by atoms with Gasteiger partial charge in [0.05, 0.1) is 7.11 Å². The van der Waals surface area contributed by atoms with E-state index in [1.807, 2.05) is 0 Å². The Balaban J connectivity index is 2.25. The van der Waals surface area contributed by atoms with Crippen LogP contribution in [-0.4, -0.2) is 48.7 Å². The van der Waals surface area contributed by atoms with Gasteiger partial charge in [0.2, 0.25) is 0 Å². The van der Waals surface area contributed by atoms with Gasteiger partial charge in [0.15, 0.2) is 0 Å². The molecule has 0 spiro atoms. The molecular weight excluding hydrogens is 228 g/mol. The van der Waals surface area contributed by atoms with Crippen LogP contribution < -0.4 is 5.32 Å². The van der Waals surface area contributed by atoms with Crippen molar-refractivity contribution in [3.8, 4) is 0 Å². The number of hydrogen-bond donors (Lipinski definition) is 1. The van der Waals surface area contributed by atoms with Crippen LogP contribution in [0.3, 0.4) is 0 Å². The van der Waals surface area contributed by atoms with Gasteiger partial charge in [0.1, 0.15) is 5.54 Å². The number of esters is 1. The van der Waals surface area contributed by atoms with E-state index in [-0.39, 0.29) is 5.97 Å². The molecule has 2 atom stereocenters. The number of nitrogens with one attached hydrogen (secondary N) is 1. The second-order valence-corrected chi connectivity index (χ2v) is 5.84. The van der Waals surface area contributed by atoms with Crippen LogP contribution in [0.4, 0.5) is 0 Å². The van der Waals surface area contributed by atoms with Gasteiger partial charge in [-0.1, -0.05) is 0 Å². The molecule has 0 amide bonds. The highest BCUT2D eigenvalue weighted by molar-refractivity contribution is 5.82. The monoisotopic (exact) mass is 254 g/mol. The second kappa shape index (κ2) is 5.57. The van der Waals surface area contributed by atoms with E-state index in [1.165, 1.54) is 13.5 Å². The molecule has 0 aromatic carbocycles. The predicted molar refractivity (Wildman–Crippen MR) is 71.5 cm³/mol. The number of likely N-dealkylation sites (tertiary alicyclic amines) is 1. The van der Waals surface area contributed by atoms with Crippen LogP contribution in [0.1, 0.15) is 46.0 Å². The number of methoxy groups -OCH3 is 1. The molecule has 2 aliphatic heterocycles. The van der Waals surface area contributed by atoms with Crippen molar-refractivity contribution < 1.29 is 9.53 Å². The number of ether oxygens (including phenoxy) is 1. The van der Waals surface area contributed by atoms with Gasteiger partial charge >= 0.3 is 5.97 Å². The summed E-state index contributed by atoms with van der Waals surface area (Å²) in [5, 5.41) is 3.49. The van der Waals surface area contributed by atoms with Crippen molar-refractivity contribution in [3.05, 3.63) is 0 Å². The number of piperidine rings is 1. The third-order valence-electron chi connectivity index (χ3n) is 4.51. The maximum Gasteiger partial charge on any atom is 0.327 e. The summed E-state index contributed by atoms with van der Waals surface area (Å²) in [5.41, 5.74) is -0.465. The third-order valence-corrected chi connectivity index (χ3v) is 4.51. The van der Waals surface area contributed by atoms with Crippen molar-refractivity contribution >= 4 is 5.97 Å². The molecule has 4 heteroatoms. The number of carbonyl (C=O) groups excluding carboxylic acids is 1. The SMILES string of the molecule is COC(=O)C1(C2CCCN2C(C)C)CCCCN1. The predicted octanol–water partition coefficient (Wildman–Crippen LogP) is 1.54. The summed E-state index contributed by atoms with van der Waals surface area (Å²) in [6.07, 6.45) is 5.47. The highest BCUT2D eigenvalue weighted by Crippen LogP contribution is 2.35. The highest BCUT2D eigenvalue weighted by atomic mass is 16.5. The summed E-state index contributed by atoms with van der Waals surface area (Å²) < 4.78 is 5.11. The van der Waals surface area contributed by atoms with E-state index < -0.39 is 5.54 Å². The summed E-state index contributed by atoms with van der Waals surface area (Å²) in [6, 6.07) is 0.785. The molecule has 2 heterocycles. The van der Waals surface area contributed by atoms with Gasteiger partial charge in [-0.3, -0.25) is 4.90 Å². The Morgan fingerprint density at radius 3 is 2.72 bits per heavy atom. The Labute approximate surface area is 110 Å². The van der Waals surface area contributed by atoms with Crippen LogP contribution in [0, 0.1) is 0 Å². The van der Waals surface area contributed by atoms with Crippen molar-refractivity contribution in [1.29, 1.82) is 0 Å². The van der Waals surface area contributed by atoms with Crippen molar-refractivity contribution in [2.45, 2.75) is 63.6 Å². The van der Waals surface area contributed by atoms with E-state index in [2.05, 4.69) is 24.1 Å². The minimum Gasteiger partial charge on any atom is -0.468 e. The summed E-state index contributed by atoms with van der Waals surface area (Å²) >= 11 is 0. The minimum absolute atomic E-state index is 0.0697. The zero-order valence-electron chi connectivity index (χ0n) is 11.9. The van der Waals surface area contributed by atoms with Crippen LogP contribution in [0.15, 0.2) is 0 Å². The van der Waals surface area contributed by atoms with Gasteiger partial charge in [-0.25, -0.2) is 4.79 Å². The number of carbonyl (C=O) groups is 1. The lowest BCUT2D eigenvalue weighted by Gasteiger charge is -2.45. The van der Waals surface area contributed by atoms with Crippen LogP contribution in [0.25, 0.3) is 0 Å². The maximum absolute atomic E-state index is 12.3.